The molecular formula is C9H8F4N2O. The van der Waals surface area contributed by atoms with Crippen molar-refractivity contribution in [2.45, 2.75) is 18.6 Å². The van der Waals surface area contributed by atoms with E-state index in [0.29, 0.717) is 13.1 Å². The molecule has 7 heteroatoms. The lowest BCUT2D eigenvalue weighted by atomic mass is 9.92. The van der Waals surface area contributed by atoms with Gasteiger partial charge >= 0.3 is 6.18 Å². The number of halogens is 4. The van der Waals surface area contributed by atoms with Gasteiger partial charge in [-0.25, -0.2) is 4.39 Å². The largest absolute Gasteiger partial charge is 0.413 e. The number of nitrogens with zero attached hydrogens (tertiary/aromatic N) is 1. The standard InChI is InChI=1S/C9H8F4N2O/c1-8(14,9(11,12)13)7(16)5-2-3-15-4-6(5)10/h2-4H,14H2,1H3. The molecular weight excluding hydrogens is 228 g/mol. The highest BCUT2D eigenvalue weighted by Crippen LogP contribution is 2.31. The Kier molecular flexibility index (Phi) is 3.00. The summed E-state index contributed by atoms with van der Waals surface area (Å²) in [6.07, 6.45) is -3.28. The molecule has 3 nitrogen and oxygen atoms in total. The smallest absolute Gasteiger partial charge is 0.311 e. The Morgan fingerprint density at radius 1 is 1.44 bits per heavy atom. The molecule has 1 atom stereocenters. The van der Waals surface area contributed by atoms with Crippen LogP contribution < -0.4 is 5.73 Å². The minimum absolute atomic E-state index is 0.495. The third-order valence-corrected chi connectivity index (χ3v) is 2.08. The monoisotopic (exact) mass is 236 g/mol. The van der Waals surface area contributed by atoms with Crippen molar-refractivity contribution in [1.29, 1.82) is 0 Å². The summed E-state index contributed by atoms with van der Waals surface area (Å²) in [6, 6.07) is 0.856. The van der Waals surface area contributed by atoms with Crippen LogP contribution in [0, 0.1) is 5.82 Å². The molecule has 88 valence electrons. The number of aromatic nitrogens is 1. The quantitative estimate of drug-likeness (QED) is 0.627. The highest BCUT2D eigenvalue weighted by molar-refractivity contribution is 6.03. The second kappa shape index (κ2) is 3.82. The molecule has 1 heterocycles. The summed E-state index contributed by atoms with van der Waals surface area (Å²) < 4.78 is 50.3. The van der Waals surface area contributed by atoms with E-state index in [0.717, 1.165) is 12.3 Å². The minimum Gasteiger partial charge on any atom is -0.311 e. The Morgan fingerprint density at radius 2 is 2.00 bits per heavy atom. The highest BCUT2D eigenvalue weighted by Gasteiger charge is 2.54. The van der Waals surface area contributed by atoms with Crippen molar-refractivity contribution >= 4 is 5.78 Å². The van der Waals surface area contributed by atoms with E-state index in [1.165, 1.54) is 0 Å². The SMILES string of the molecule is CC(N)(C(=O)c1ccncc1F)C(F)(F)F. The van der Waals surface area contributed by atoms with Crippen LogP contribution >= 0.6 is 0 Å². The molecule has 0 fully saturated rings. The van der Waals surface area contributed by atoms with E-state index in [1.54, 1.807) is 0 Å². The molecule has 0 aliphatic rings. The molecule has 0 aliphatic heterocycles. The van der Waals surface area contributed by atoms with Crippen LogP contribution in [0.3, 0.4) is 0 Å². The van der Waals surface area contributed by atoms with E-state index >= 15 is 0 Å². The first kappa shape index (κ1) is 12.6. The zero-order valence-electron chi connectivity index (χ0n) is 8.18. The van der Waals surface area contributed by atoms with Gasteiger partial charge in [-0.3, -0.25) is 9.78 Å². The van der Waals surface area contributed by atoms with E-state index < -0.39 is 28.9 Å². The Bertz CT molecular complexity index is 414. The first-order valence-electron chi connectivity index (χ1n) is 4.18. The summed E-state index contributed by atoms with van der Waals surface area (Å²) in [5.74, 6) is -2.66. The average Bonchev–Trinajstić information content (AvgIpc) is 2.15. The predicted octanol–water partition coefficient (Wildman–Crippen LogP) is 1.68. The van der Waals surface area contributed by atoms with Gasteiger partial charge in [-0.2, -0.15) is 13.2 Å². The first-order valence-corrected chi connectivity index (χ1v) is 4.18. The second-order valence-electron chi connectivity index (χ2n) is 3.38. The molecule has 0 spiro atoms. The van der Waals surface area contributed by atoms with Crippen molar-refractivity contribution in [2.75, 3.05) is 0 Å². The summed E-state index contributed by atoms with van der Waals surface area (Å²) in [6.45, 7) is 0.495. The van der Waals surface area contributed by atoms with Crippen LogP contribution in [0.1, 0.15) is 17.3 Å². The number of carbonyl (C=O) groups excluding carboxylic acids is 1. The first-order chi connectivity index (χ1) is 7.18. The fourth-order valence-electron chi connectivity index (χ4n) is 0.968. The molecule has 2 N–H and O–H groups in total. The van der Waals surface area contributed by atoms with Gasteiger partial charge < -0.3 is 5.73 Å². The molecule has 0 amide bonds. The number of nitrogens with two attached hydrogens (primary N) is 1. The summed E-state index contributed by atoms with van der Waals surface area (Å²) in [4.78, 5) is 14.7. The summed E-state index contributed by atoms with van der Waals surface area (Å²) in [7, 11) is 0. The molecule has 16 heavy (non-hydrogen) atoms. The summed E-state index contributed by atoms with van der Waals surface area (Å²) in [5, 5.41) is 0. The number of carbonyl (C=O) groups is 1. The van der Waals surface area contributed by atoms with Gasteiger partial charge in [0.15, 0.2) is 17.1 Å². The fourth-order valence-corrected chi connectivity index (χ4v) is 0.968. The van der Waals surface area contributed by atoms with Crippen LogP contribution in [0.5, 0.6) is 0 Å². The molecule has 0 aromatic carbocycles. The van der Waals surface area contributed by atoms with E-state index in [-0.39, 0.29) is 0 Å². The van der Waals surface area contributed by atoms with Crippen molar-refractivity contribution in [3.8, 4) is 0 Å². The number of hydrogen-bond acceptors (Lipinski definition) is 3. The number of Topliss-reactive ketones (excluding diaryl/α,β-unsaturated/α-hetero) is 1. The third kappa shape index (κ3) is 2.04. The molecule has 1 rings (SSSR count). The Morgan fingerprint density at radius 3 is 2.44 bits per heavy atom. The minimum atomic E-state index is -4.94. The molecule has 0 aliphatic carbocycles. The van der Waals surface area contributed by atoms with Gasteiger partial charge in [-0.15, -0.1) is 0 Å². The van der Waals surface area contributed by atoms with Crippen LogP contribution in [0.4, 0.5) is 17.6 Å². The van der Waals surface area contributed by atoms with E-state index in [1.807, 2.05) is 0 Å². The molecule has 0 saturated heterocycles. The zero-order valence-corrected chi connectivity index (χ0v) is 8.18. The van der Waals surface area contributed by atoms with Crippen molar-refractivity contribution < 1.29 is 22.4 Å². The van der Waals surface area contributed by atoms with E-state index in [9.17, 15) is 22.4 Å². The average molecular weight is 236 g/mol. The normalized spacial score (nSPS) is 15.6. The maximum Gasteiger partial charge on any atom is 0.413 e. The Balaban J connectivity index is 3.18. The third-order valence-electron chi connectivity index (χ3n) is 2.08. The molecule has 1 unspecified atom stereocenters. The number of ketones is 1. The number of rotatable bonds is 2. The highest BCUT2D eigenvalue weighted by atomic mass is 19.4. The van der Waals surface area contributed by atoms with Crippen LogP contribution in [0.2, 0.25) is 0 Å². The molecule has 0 saturated carbocycles. The lowest BCUT2D eigenvalue weighted by Gasteiger charge is -2.25. The Labute approximate surface area is 88.3 Å². The van der Waals surface area contributed by atoms with Crippen LogP contribution in [-0.4, -0.2) is 22.5 Å². The van der Waals surface area contributed by atoms with Crippen LogP contribution in [-0.2, 0) is 0 Å². The predicted molar refractivity (Wildman–Crippen MR) is 47.2 cm³/mol. The lowest BCUT2D eigenvalue weighted by Crippen LogP contribution is -2.57. The van der Waals surface area contributed by atoms with Gasteiger partial charge in [0.2, 0.25) is 0 Å². The number of pyridine rings is 1. The van der Waals surface area contributed by atoms with Gasteiger partial charge in [0, 0.05) is 6.20 Å². The van der Waals surface area contributed by atoms with Crippen LogP contribution in [0.15, 0.2) is 18.5 Å². The maximum atomic E-state index is 13.1. The van der Waals surface area contributed by atoms with Gasteiger partial charge in [0.25, 0.3) is 0 Å². The van der Waals surface area contributed by atoms with Gasteiger partial charge in [0.1, 0.15) is 0 Å². The number of alkyl halides is 3. The van der Waals surface area contributed by atoms with Gasteiger partial charge in [-0.05, 0) is 13.0 Å². The van der Waals surface area contributed by atoms with Crippen LogP contribution in [0.25, 0.3) is 0 Å². The molecule has 0 bridgehead atoms. The van der Waals surface area contributed by atoms with Gasteiger partial charge in [-0.1, -0.05) is 0 Å². The molecule has 1 aromatic heterocycles. The molecule has 1 aromatic rings. The van der Waals surface area contributed by atoms with E-state index in [2.05, 4.69) is 4.98 Å². The maximum absolute atomic E-state index is 13.1. The van der Waals surface area contributed by atoms with Crippen molar-refractivity contribution in [1.82, 2.24) is 4.98 Å². The van der Waals surface area contributed by atoms with Gasteiger partial charge in [0.05, 0.1) is 11.8 Å². The van der Waals surface area contributed by atoms with Crippen molar-refractivity contribution in [2.24, 2.45) is 5.73 Å². The number of hydrogen-bond donors (Lipinski definition) is 1. The van der Waals surface area contributed by atoms with Crippen molar-refractivity contribution in [3.63, 3.8) is 0 Å². The zero-order chi connectivity index (χ0) is 12.6. The lowest BCUT2D eigenvalue weighted by molar-refractivity contribution is -0.165. The fraction of sp³-hybridized carbons (Fsp3) is 0.333. The summed E-state index contributed by atoms with van der Waals surface area (Å²) in [5.41, 5.74) is 1.04. The van der Waals surface area contributed by atoms with Crippen molar-refractivity contribution in [3.05, 3.63) is 29.8 Å². The van der Waals surface area contributed by atoms with E-state index in [4.69, 9.17) is 5.73 Å². The topological polar surface area (TPSA) is 56.0 Å². The Hall–Kier alpha value is -1.50. The molecule has 0 radical (unpaired) electrons. The second-order valence-corrected chi connectivity index (χ2v) is 3.38. The summed E-state index contributed by atoms with van der Waals surface area (Å²) >= 11 is 0.